The quantitative estimate of drug-likeness (QED) is 0.771. The molecule has 2 rings (SSSR count). The van der Waals surface area contributed by atoms with Gasteiger partial charge in [-0.05, 0) is 39.0 Å². The van der Waals surface area contributed by atoms with Crippen LogP contribution in [0.4, 0.5) is 10.5 Å². The molecule has 0 fully saturated rings. The first-order valence-electron chi connectivity index (χ1n) is 5.41. The Morgan fingerprint density at radius 2 is 2.18 bits per heavy atom. The van der Waals surface area contributed by atoms with Gasteiger partial charge >= 0.3 is 6.09 Å². The topological polar surface area (TPSA) is 41.6 Å². The molecule has 0 aromatic heterocycles. The van der Waals surface area contributed by atoms with E-state index in [2.05, 4.69) is 5.43 Å². The van der Waals surface area contributed by atoms with E-state index in [1.807, 2.05) is 32.9 Å². The summed E-state index contributed by atoms with van der Waals surface area (Å²) in [4.78, 5) is 11.8. The maximum atomic E-state index is 11.8. The number of amides is 1. The van der Waals surface area contributed by atoms with Gasteiger partial charge in [-0.25, -0.2) is 9.80 Å². The van der Waals surface area contributed by atoms with Gasteiger partial charge in [-0.3, -0.25) is 5.43 Å². The van der Waals surface area contributed by atoms with Crippen molar-refractivity contribution in [2.24, 2.45) is 0 Å². The monoisotopic (exact) mass is 254 g/mol. The maximum absolute atomic E-state index is 11.8. The first-order valence-corrected chi connectivity index (χ1v) is 5.78. The molecule has 0 unspecified atom stereocenters. The highest BCUT2D eigenvalue weighted by Gasteiger charge is 2.27. The average molecular weight is 255 g/mol. The maximum Gasteiger partial charge on any atom is 0.429 e. The zero-order valence-electron chi connectivity index (χ0n) is 10.1. The second-order valence-corrected chi connectivity index (χ2v) is 5.42. The fourth-order valence-electron chi connectivity index (χ4n) is 1.58. The number of ether oxygens (including phenoxy) is 1. The van der Waals surface area contributed by atoms with Crippen LogP contribution in [0.1, 0.15) is 26.3 Å². The predicted molar refractivity (Wildman–Crippen MR) is 66.9 cm³/mol. The molecule has 0 bridgehead atoms. The summed E-state index contributed by atoms with van der Waals surface area (Å²) in [6.07, 6.45) is -0.384. The van der Waals surface area contributed by atoms with Crippen LogP contribution < -0.4 is 5.43 Å². The van der Waals surface area contributed by atoms with Crippen LogP contribution >= 0.6 is 11.6 Å². The third-order valence-electron chi connectivity index (χ3n) is 2.27. The molecule has 0 saturated heterocycles. The van der Waals surface area contributed by atoms with E-state index in [0.717, 1.165) is 11.3 Å². The molecule has 0 radical (unpaired) electrons. The molecular weight excluding hydrogens is 240 g/mol. The van der Waals surface area contributed by atoms with Gasteiger partial charge in [-0.1, -0.05) is 11.6 Å². The van der Waals surface area contributed by atoms with Gasteiger partial charge in [-0.15, -0.1) is 0 Å². The predicted octanol–water partition coefficient (Wildman–Crippen LogP) is 3.42. The zero-order valence-corrected chi connectivity index (χ0v) is 10.8. The highest BCUT2D eigenvalue weighted by molar-refractivity contribution is 6.30. The van der Waals surface area contributed by atoms with Gasteiger partial charge in [0.1, 0.15) is 5.60 Å². The van der Waals surface area contributed by atoms with E-state index in [0.29, 0.717) is 11.6 Å². The van der Waals surface area contributed by atoms with Crippen LogP contribution in [-0.2, 0) is 11.3 Å². The Morgan fingerprint density at radius 1 is 1.47 bits per heavy atom. The molecule has 1 N–H and O–H groups in total. The van der Waals surface area contributed by atoms with Crippen LogP contribution in [0.5, 0.6) is 0 Å². The largest absolute Gasteiger partial charge is 0.442 e. The summed E-state index contributed by atoms with van der Waals surface area (Å²) < 4.78 is 5.27. The molecule has 92 valence electrons. The number of carbonyl (C=O) groups is 1. The zero-order chi connectivity index (χ0) is 12.6. The summed E-state index contributed by atoms with van der Waals surface area (Å²) in [6, 6.07) is 5.47. The van der Waals surface area contributed by atoms with Crippen LogP contribution in [0.3, 0.4) is 0 Å². The molecule has 4 nitrogen and oxygen atoms in total. The van der Waals surface area contributed by atoms with Crippen molar-refractivity contribution in [2.75, 3.05) is 5.43 Å². The lowest BCUT2D eigenvalue weighted by molar-refractivity contribution is 0.0297. The number of benzene rings is 1. The van der Waals surface area contributed by atoms with E-state index in [1.165, 1.54) is 5.01 Å². The molecule has 1 aromatic rings. The number of hydrogen-bond acceptors (Lipinski definition) is 3. The van der Waals surface area contributed by atoms with E-state index >= 15 is 0 Å². The molecule has 0 atom stereocenters. The fraction of sp³-hybridized carbons (Fsp3) is 0.417. The SMILES string of the molecule is CC(C)(C)OC(=O)N1Cc2cc(Cl)ccc2N1. The highest BCUT2D eigenvalue weighted by atomic mass is 35.5. The van der Waals surface area contributed by atoms with Crippen LogP contribution in [0.2, 0.25) is 5.02 Å². The van der Waals surface area contributed by atoms with E-state index in [-0.39, 0.29) is 6.09 Å². The van der Waals surface area contributed by atoms with Gasteiger partial charge in [0.2, 0.25) is 0 Å². The number of carbonyl (C=O) groups excluding carboxylic acids is 1. The summed E-state index contributed by atoms with van der Waals surface area (Å²) in [6.45, 7) is 5.98. The normalized spacial score (nSPS) is 14.2. The molecule has 1 aliphatic rings. The van der Waals surface area contributed by atoms with Crippen LogP contribution in [0.15, 0.2) is 18.2 Å². The van der Waals surface area contributed by atoms with Crippen molar-refractivity contribution in [2.45, 2.75) is 32.9 Å². The Balaban J connectivity index is 2.07. The minimum atomic E-state index is -0.495. The summed E-state index contributed by atoms with van der Waals surface area (Å²) in [5, 5.41) is 2.10. The minimum Gasteiger partial charge on any atom is -0.442 e. The summed E-state index contributed by atoms with van der Waals surface area (Å²) in [7, 11) is 0. The minimum absolute atomic E-state index is 0.384. The highest BCUT2D eigenvalue weighted by Crippen LogP contribution is 2.28. The summed E-state index contributed by atoms with van der Waals surface area (Å²) in [5.74, 6) is 0. The molecule has 1 aliphatic heterocycles. The molecule has 5 heteroatoms. The smallest absolute Gasteiger partial charge is 0.429 e. The van der Waals surface area contributed by atoms with Crippen molar-refractivity contribution in [1.29, 1.82) is 0 Å². The second-order valence-electron chi connectivity index (χ2n) is 4.98. The summed E-state index contributed by atoms with van der Waals surface area (Å²) in [5.41, 5.74) is 4.37. The lowest BCUT2D eigenvalue weighted by Gasteiger charge is -2.24. The molecule has 0 spiro atoms. The van der Waals surface area contributed by atoms with Gasteiger partial charge < -0.3 is 4.74 Å². The lowest BCUT2D eigenvalue weighted by Crippen LogP contribution is -2.36. The number of hydrogen-bond donors (Lipinski definition) is 1. The number of hydrazine groups is 1. The number of anilines is 1. The Kier molecular flexibility index (Phi) is 2.91. The third-order valence-corrected chi connectivity index (χ3v) is 2.50. The Bertz CT molecular complexity index is 454. The number of nitrogens with zero attached hydrogens (tertiary/aromatic N) is 1. The first kappa shape index (κ1) is 12.0. The van der Waals surface area contributed by atoms with Crippen molar-refractivity contribution in [3.63, 3.8) is 0 Å². The molecule has 17 heavy (non-hydrogen) atoms. The van der Waals surface area contributed by atoms with Crippen molar-refractivity contribution in [3.05, 3.63) is 28.8 Å². The second kappa shape index (κ2) is 4.11. The lowest BCUT2D eigenvalue weighted by atomic mass is 10.2. The number of rotatable bonds is 0. The van der Waals surface area contributed by atoms with E-state index < -0.39 is 5.60 Å². The Morgan fingerprint density at radius 3 is 2.82 bits per heavy atom. The van der Waals surface area contributed by atoms with Crippen LogP contribution in [0, 0.1) is 0 Å². The number of fused-ring (bicyclic) bond motifs is 1. The van der Waals surface area contributed by atoms with Gasteiger partial charge in [-0.2, -0.15) is 0 Å². The Labute approximate surface area is 105 Å². The van der Waals surface area contributed by atoms with Crippen molar-refractivity contribution < 1.29 is 9.53 Å². The standard InChI is InChI=1S/C12H15ClN2O2/c1-12(2,3)17-11(16)15-7-8-6-9(13)4-5-10(8)14-15/h4-6,14H,7H2,1-3H3. The number of halogens is 1. The molecule has 0 saturated carbocycles. The number of nitrogens with one attached hydrogen (secondary N) is 1. The molecule has 1 heterocycles. The van der Waals surface area contributed by atoms with E-state index in [4.69, 9.17) is 16.3 Å². The molecule has 1 amide bonds. The van der Waals surface area contributed by atoms with Crippen LogP contribution in [0.25, 0.3) is 0 Å². The van der Waals surface area contributed by atoms with Crippen molar-refractivity contribution in [1.82, 2.24) is 5.01 Å². The average Bonchev–Trinajstić information content (AvgIpc) is 2.57. The van der Waals surface area contributed by atoms with Crippen molar-refractivity contribution in [3.8, 4) is 0 Å². The Hall–Kier alpha value is -1.42. The van der Waals surface area contributed by atoms with Gasteiger partial charge in [0, 0.05) is 10.6 Å². The first-order chi connectivity index (χ1) is 7.85. The van der Waals surface area contributed by atoms with Gasteiger partial charge in [0.25, 0.3) is 0 Å². The third kappa shape index (κ3) is 2.82. The van der Waals surface area contributed by atoms with Gasteiger partial charge in [0.05, 0.1) is 12.2 Å². The molecule has 1 aromatic carbocycles. The van der Waals surface area contributed by atoms with E-state index in [1.54, 1.807) is 6.07 Å². The van der Waals surface area contributed by atoms with Gasteiger partial charge in [0.15, 0.2) is 0 Å². The van der Waals surface area contributed by atoms with Crippen molar-refractivity contribution >= 4 is 23.4 Å². The fourth-order valence-corrected chi connectivity index (χ4v) is 1.78. The van der Waals surface area contributed by atoms with E-state index in [9.17, 15) is 4.79 Å². The van der Waals surface area contributed by atoms with Crippen LogP contribution in [-0.4, -0.2) is 16.7 Å². The molecular formula is C12H15ClN2O2. The molecule has 0 aliphatic carbocycles. The summed E-state index contributed by atoms with van der Waals surface area (Å²) >= 11 is 5.89.